The zero-order valence-corrected chi connectivity index (χ0v) is 11.7. The zero-order chi connectivity index (χ0) is 14.2. The molecule has 0 atom stereocenters. The van der Waals surface area contributed by atoms with Gasteiger partial charge in [0.1, 0.15) is 5.70 Å². The maximum Gasteiger partial charge on any atom is 0.336 e. The van der Waals surface area contributed by atoms with Crippen LogP contribution in [-0.4, -0.2) is 42.9 Å². The third-order valence-electron chi connectivity index (χ3n) is 2.71. The molecule has 5 nitrogen and oxygen atoms in total. The van der Waals surface area contributed by atoms with Crippen molar-refractivity contribution in [2.45, 2.75) is 0 Å². The number of halogens is 1. The minimum Gasteiger partial charge on any atom is -0.382 e. The summed E-state index contributed by atoms with van der Waals surface area (Å²) < 4.78 is 0. The fourth-order valence-corrected chi connectivity index (χ4v) is 2.01. The number of likely N-dealkylation sites (N-methyl/N-ethyl adjacent to an activating group) is 1. The Morgan fingerprint density at radius 1 is 1.26 bits per heavy atom. The van der Waals surface area contributed by atoms with Crippen molar-refractivity contribution in [2.24, 2.45) is 0 Å². The molecule has 1 aliphatic heterocycles. The van der Waals surface area contributed by atoms with Crippen LogP contribution >= 0.6 is 11.6 Å². The second kappa shape index (κ2) is 4.93. The molecular weight excluding hydrogens is 266 g/mol. The number of carbonyl (C=O) groups is 2. The Hall–Kier alpha value is -2.01. The number of urea groups is 1. The number of nitrogens with zero attached hydrogens (tertiary/aromatic N) is 3. The van der Waals surface area contributed by atoms with Gasteiger partial charge in [-0.2, -0.15) is 0 Å². The van der Waals surface area contributed by atoms with E-state index in [2.05, 4.69) is 0 Å². The van der Waals surface area contributed by atoms with Crippen LogP contribution in [0.2, 0.25) is 5.02 Å². The van der Waals surface area contributed by atoms with Crippen molar-refractivity contribution in [2.75, 3.05) is 26.0 Å². The van der Waals surface area contributed by atoms with E-state index in [1.54, 1.807) is 56.5 Å². The Labute approximate surface area is 116 Å². The van der Waals surface area contributed by atoms with E-state index in [0.717, 1.165) is 4.90 Å². The smallest absolute Gasteiger partial charge is 0.336 e. The van der Waals surface area contributed by atoms with Gasteiger partial charge in [-0.1, -0.05) is 17.7 Å². The van der Waals surface area contributed by atoms with Crippen LogP contribution in [-0.2, 0) is 4.79 Å². The maximum absolute atomic E-state index is 12.3. The highest BCUT2D eigenvalue weighted by Crippen LogP contribution is 2.28. The molecule has 0 radical (unpaired) electrons. The van der Waals surface area contributed by atoms with E-state index < -0.39 is 0 Å². The van der Waals surface area contributed by atoms with Crippen LogP contribution in [0.4, 0.5) is 10.5 Å². The molecule has 0 aliphatic carbocycles. The van der Waals surface area contributed by atoms with Gasteiger partial charge in [-0.25, -0.2) is 9.69 Å². The van der Waals surface area contributed by atoms with Gasteiger partial charge in [0.15, 0.2) is 0 Å². The molecule has 1 heterocycles. The van der Waals surface area contributed by atoms with Crippen molar-refractivity contribution < 1.29 is 9.59 Å². The summed E-state index contributed by atoms with van der Waals surface area (Å²) in [5.74, 6) is -0.358. The monoisotopic (exact) mass is 279 g/mol. The minimum absolute atomic E-state index is 0.329. The summed E-state index contributed by atoms with van der Waals surface area (Å²) >= 11 is 5.89. The predicted octanol–water partition coefficient (Wildman–Crippen LogP) is 2.14. The Morgan fingerprint density at radius 3 is 2.53 bits per heavy atom. The number of hydrogen-bond donors (Lipinski definition) is 0. The molecule has 1 aliphatic rings. The Morgan fingerprint density at radius 2 is 1.95 bits per heavy atom. The highest BCUT2D eigenvalue weighted by atomic mass is 35.5. The molecule has 0 N–H and O–H groups in total. The van der Waals surface area contributed by atoms with Gasteiger partial charge in [-0.3, -0.25) is 9.69 Å². The van der Waals surface area contributed by atoms with Crippen LogP contribution in [0.15, 0.2) is 36.2 Å². The van der Waals surface area contributed by atoms with E-state index in [1.807, 2.05) is 0 Å². The number of carbonyl (C=O) groups excluding carboxylic acids is 2. The molecule has 1 aromatic carbocycles. The summed E-state index contributed by atoms with van der Waals surface area (Å²) in [4.78, 5) is 28.6. The summed E-state index contributed by atoms with van der Waals surface area (Å²) in [6.07, 6.45) is 1.62. The molecule has 0 spiro atoms. The molecule has 0 bridgehead atoms. The van der Waals surface area contributed by atoms with Gasteiger partial charge in [-0.05, 0) is 18.2 Å². The van der Waals surface area contributed by atoms with Gasteiger partial charge in [0, 0.05) is 32.4 Å². The van der Waals surface area contributed by atoms with E-state index in [0.29, 0.717) is 16.4 Å². The third-order valence-corrected chi connectivity index (χ3v) is 2.94. The van der Waals surface area contributed by atoms with Crippen molar-refractivity contribution in [3.05, 3.63) is 41.2 Å². The third kappa shape index (κ3) is 2.42. The molecule has 3 amide bonds. The molecular formula is C13H14ClN3O2. The number of hydrogen-bond acceptors (Lipinski definition) is 3. The first kappa shape index (κ1) is 13.4. The Kier molecular flexibility index (Phi) is 3.48. The second-order valence-electron chi connectivity index (χ2n) is 4.44. The molecule has 19 heavy (non-hydrogen) atoms. The van der Waals surface area contributed by atoms with Gasteiger partial charge in [0.05, 0.1) is 5.69 Å². The van der Waals surface area contributed by atoms with Crippen LogP contribution in [0, 0.1) is 0 Å². The predicted molar refractivity (Wildman–Crippen MR) is 73.9 cm³/mol. The van der Waals surface area contributed by atoms with Gasteiger partial charge >= 0.3 is 6.03 Å². The summed E-state index contributed by atoms with van der Waals surface area (Å²) in [5, 5.41) is 0.478. The van der Waals surface area contributed by atoms with Crippen LogP contribution in [0.25, 0.3) is 0 Å². The van der Waals surface area contributed by atoms with Crippen LogP contribution in [0.3, 0.4) is 0 Å². The Balaban J connectivity index is 2.44. The average Bonchev–Trinajstić information content (AvgIpc) is 2.53. The molecule has 1 fully saturated rings. The minimum atomic E-state index is -0.389. The van der Waals surface area contributed by atoms with E-state index in [1.165, 1.54) is 4.90 Å². The second-order valence-corrected chi connectivity index (χ2v) is 4.88. The van der Waals surface area contributed by atoms with E-state index in [4.69, 9.17) is 11.6 Å². The first-order valence-corrected chi connectivity index (χ1v) is 6.05. The molecule has 1 aromatic rings. The SMILES string of the molecule is CN(C)/C=C1/C(=O)N(c2cccc(Cl)c2)C(=O)N1C. The topological polar surface area (TPSA) is 43.9 Å². The average molecular weight is 280 g/mol. The summed E-state index contributed by atoms with van der Waals surface area (Å²) in [7, 11) is 5.15. The van der Waals surface area contributed by atoms with Gasteiger partial charge in [0.25, 0.3) is 5.91 Å². The fraction of sp³-hybridized carbons (Fsp3) is 0.231. The van der Waals surface area contributed by atoms with Gasteiger partial charge in [-0.15, -0.1) is 0 Å². The molecule has 100 valence electrons. The zero-order valence-electron chi connectivity index (χ0n) is 10.9. The van der Waals surface area contributed by atoms with Crippen molar-refractivity contribution >= 4 is 29.2 Å². The lowest BCUT2D eigenvalue weighted by Gasteiger charge is -2.13. The molecule has 0 saturated carbocycles. The fourth-order valence-electron chi connectivity index (χ4n) is 1.83. The summed E-state index contributed by atoms with van der Waals surface area (Å²) in [5.41, 5.74) is 0.798. The lowest BCUT2D eigenvalue weighted by Crippen LogP contribution is -2.31. The van der Waals surface area contributed by atoms with E-state index in [9.17, 15) is 9.59 Å². The first-order valence-electron chi connectivity index (χ1n) is 5.68. The summed E-state index contributed by atoms with van der Waals surface area (Å²) in [6.45, 7) is 0. The van der Waals surface area contributed by atoms with E-state index in [-0.39, 0.29) is 11.9 Å². The van der Waals surface area contributed by atoms with Crippen LogP contribution < -0.4 is 4.90 Å². The van der Waals surface area contributed by atoms with Crippen LogP contribution in [0.1, 0.15) is 0 Å². The quantitative estimate of drug-likeness (QED) is 0.615. The molecule has 0 unspecified atom stereocenters. The van der Waals surface area contributed by atoms with Crippen LogP contribution in [0.5, 0.6) is 0 Å². The molecule has 1 saturated heterocycles. The lowest BCUT2D eigenvalue weighted by molar-refractivity contribution is -0.114. The van der Waals surface area contributed by atoms with Crippen molar-refractivity contribution in [3.8, 4) is 0 Å². The number of imide groups is 1. The molecule has 6 heteroatoms. The number of rotatable bonds is 2. The lowest BCUT2D eigenvalue weighted by atomic mass is 10.3. The number of amides is 3. The molecule has 2 rings (SSSR count). The number of anilines is 1. The van der Waals surface area contributed by atoms with E-state index >= 15 is 0 Å². The first-order chi connectivity index (χ1) is 8.91. The van der Waals surface area contributed by atoms with Gasteiger partial charge in [0.2, 0.25) is 0 Å². The highest BCUT2D eigenvalue weighted by Gasteiger charge is 2.40. The molecule has 0 aromatic heterocycles. The standard InChI is InChI=1S/C13H14ClN3O2/c1-15(2)8-11-12(18)17(13(19)16(11)3)10-6-4-5-9(14)7-10/h4-8H,1-3H3/b11-8-. The van der Waals surface area contributed by atoms with Crippen molar-refractivity contribution in [1.82, 2.24) is 9.80 Å². The van der Waals surface area contributed by atoms with Crippen molar-refractivity contribution in [1.29, 1.82) is 0 Å². The largest absolute Gasteiger partial charge is 0.382 e. The normalized spacial score (nSPS) is 17.6. The number of benzene rings is 1. The maximum atomic E-state index is 12.3. The highest BCUT2D eigenvalue weighted by molar-refractivity contribution is 6.32. The summed E-state index contributed by atoms with van der Waals surface area (Å²) in [6, 6.07) is 6.26. The van der Waals surface area contributed by atoms with Gasteiger partial charge < -0.3 is 4.90 Å². The Bertz CT molecular complexity index is 569. The van der Waals surface area contributed by atoms with Crippen molar-refractivity contribution in [3.63, 3.8) is 0 Å².